The molecular formula is C9H15NO2. The van der Waals surface area contributed by atoms with Crippen LogP contribution in [-0.4, -0.2) is 12.0 Å². The smallest absolute Gasteiger partial charge is 0.256 e. The summed E-state index contributed by atoms with van der Waals surface area (Å²) in [6.07, 6.45) is 7.09. The Bertz CT molecular complexity index is 171. The average molecular weight is 169 g/mol. The number of aliphatic imine (C=N–C) groups is 1. The molecule has 0 rings (SSSR count). The molecule has 0 saturated heterocycles. The van der Waals surface area contributed by atoms with Gasteiger partial charge in [0.15, 0.2) is 0 Å². The second kappa shape index (κ2) is 8.15. The van der Waals surface area contributed by atoms with Gasteiger partial charge in [-0.25, -0.2) is 4.79 Å². The Morgan fingerprint density at radius 2 is 1.92 bits per heavy atom. The molecule has 0 fully saturated rings. The molecular weight excluding hydrogens is 154 g/mol. The van der Waals surface area contributed by atoms with Gasteiger partial charge in [0.2, 0.25) is 6.08 Å². The molecule has 12 heavy (non-hydrogen) atoms. The summed E-state index contributed by atoms with van der Waals surface area (Å²) in [6.45, 7) is 2.14. The van der Waals surface area contributed by atoms with E-state index in [1.54, 1.807) is 0 Å². The van der Waals surface area contributed by atoms with Crippen molar-refractivity contribution in [2.24, 2.45) is 4.99 Å². The minimum atomic E-state index is -0.346. The van der Waals surface area contributed by atoms with E-state index in [9.17, 15) is 9.59 Å². The van der Waals surface area contributed by atoms with Gasteiger partial charge in [-0.05, 0) is 6.42 Å². The Labute approximate surface area is 72.9 Å². The number of hydrogen-bond acceptors (Lipinski definition) is 2. The van der Waals surface area contributed by atoms with E-state index in [1.807, 2.05) is 0 Å². The fourth-order valence-electron chi connectivity index (χ4n) is 0.987. The van der Waals surface area contributed by atoms with Gasteiger partial charge in [0.1, 0.15) is 0 Å². The maximum absolute atomic E-state index is 10.6. The predicted octanol–water partition coefficient (Wildman–Crippen LogP) is 2.21. The van der Waals surface area contributed by atoms with Crippen molar-refractivity contribution in [1.29, 1.82) is 0 Å². The van der Waals surface area contributed by atoms with Crippen LogP contribution in [0, 0.1) is 0 Å². The predicted molar refractivity (Wildman–Crippen MR) is 46.5 cm³/mol. The number of isocyanates is 1. The highest BCUT2D eigenvalue weighted by Crippen LogP contribution is 2.05. The molecule has 0 aromatic heterocycles. The van der Waals surface area contributed by atoms with Crippen molar-refractivity contribution in [3.05, 3.63) is 0 Å². The first-order valence-corrected chi connectivity index (χ1v) is 4.42. The van der Waals surface area contributed by atoms with Crippen LogP contribution in [0.3, 0.4) is 0 Å². The molecule has 3 heteroatoms. The lowest BCUT2D eigenvalue weighted by Gasteiger charge is -1.95. The van der Waals surface area contributed by atoms with Crippen LogP contribution in [0.2, 0.25) is 0 Å². The number of rotatable bonds is 6. The number of hydrogen-bond donors (Lipinski definition) is 0. The van der Waals surface area contributed by atoms with Crippen LogP contribution in [0.25, 0.3) is 0 Å². The highest BCUT2D eigenvalue weighted by atomic mass is 16.2. The molecule has 68 valence electrons. The molecule has 0 N–H and O–H groups in total. The first-order chi connectivity index (χ1) is 5.81. The summed E-state index contributed by atoms with van der Waals surface area (Å²) in [4.78, 5) is 23.3. The van der Waals surface area contributed by atoms with Gasteiger partial charge in [-0.15, -0.1) is 4.99 Å². The number of nitrogens with zero attached hydrogens (tertiary/aromatic N) is 1. The van der Waals surface area contributed by atoms with Crippen LogP contribution < -0.4 is 0 Å². The molecule has 0 spiro atoms. The van der Waals surface area contributed by atoms with Crippen LogP contribution in [0.15, 0.2) is 4.99 Å². The molecule has 0 aliphatic carbocycles. The van der Waals surface area contributed by atoms with Gasteiger partial charge < -0.3 is 0 Å². The molecule has 0 heterocycles. The number of carbonyl (C=O) groups is 1. The molecule has 0 atom stereocenters. The standard InChI is InChI=1S/C9H15NO2/c1-2-3-4-5-6-7-9(12)10-8-11/h2-7H2,1H3. The summed E-state index contributed by atoms with van der Waals surface area (Å²) < 4.78 is 0. The van der Waals surface area contributed by atoms with Gasteiger partial charge in [-0.3, -0.25) is 4.79 Å². The van der Waals surface area contributed by atoms with Gasteiger partial charge in [0.05, 0.1) is 0 Å². The Balaban J connectivity index is 3.19. The Morgan fingerprint density at radius 1 is 1.25 bits per heavy atom. The zero-order chi connectivity index (χ0) is 9.23. The van der Waals surface area contributed by atoms with E-state index in [2.05, 4.69) is 11.9 Å². The Morgan fingerprint density at radius 3 is 2.50 bits per heavy atom. The van der Waals surface area contributed by atoms with E-state index in [-0.39, 0.29) is 5.91 Å². The maximum Gasteiger partial charge on any atom is 0.256 e. The topological polar surface area (TPSA) is 46.5 Å². The van der Waals surface area contributed by atoms with Gasteiger partial charge in [-0.1, -0.05) is 32.6 Å². The Hall–Kier alpha value is -0.950. The summed E-state index contributed by atoms with van der Waals surface area (Å²) in [5.41, 5.74) is 0. The van der Waals surface area contributed by atoms with E-state index < -0.39 is 0 Å². The highest BCUT2D eigenvalue weighted by Gasteiger charge is 1.97. The van der Waals surface area contributed by atoms with E-state index in [1.165, 1.54) is 18.9 Å². The quantitative estimate of drug-likeness (QED) is 0.347. The van der Waals surface area contributed by atoms with Crippen molar-refractivity contribution in [3.8, 4) is 0 Å². The molecule has 0 saturated carbocycles. The van der Waals surface area contributed by atoms with Crippen LogP contribution in [0.4, 0.5) is 0 Å². The lowest BCUT2D eigenvalue weighted by Crippen LogP contribution is -1.91. The van der Waals surface area contributed by atoms with Gasteiger partial charge in [0, 0.05) is 6.42 Å². The molecule has 0 aliphatic rings. The van der Waals surface area contributed by atoms with Crippen LogP contribution >= 0.6 is 0 Å². The van der Waals surface area contributed by atoms with Crippen LogP contribution in [-0.2, 0) is 9.59 Å². The molecule has 1 amide bonds. The molecule has 0 aromatic rings. The summed E-state index contributed by atoms with van der Waals surface area (Å²) >= 11 is 0. The highest BCUT2D eigenvalue weighted by molar-refractivity contribution is 5.81. The number of unbranched alkanes of at least 4 members (excludes halogenated alkanes) is 4. The van der Waals surface area contributed by atoms with Crippen molar-refractivity contribution in [1.82, 2.24) is 0 Å². The number of amides is 1. The summed E-state index contributed by atoms with van der Waals surface area (Å²) in [7, 11) is 0. The molecule has 0 radical (unpaired) electrons. The van der Waals surface area contributed by atoms with Gasteiger partial charge >= 0.3 is 0 Å². The van der Waals surface area contributed by atoms with Gasteiger partial charge in [-0.2, -0.15) is 0 Å². The maximum atomic E-state index is 10.6. The van der Waals surface area contributed by atoms with E-state index >= 15 is 0 Å². The van der Waals surface area contributed by atoms with Crippen molar-refractivity contribution in [3.63, 3.8) is 0 Å². The number of carbonyl (C=O) groups excluding carboxylic acids is 2. The molecule has 0 bridgehead atoms. The normalized spacial score (nSPS) is 9.08. The third-order valence-corrected chi connectivity index (χ3v) is 1.66. The van der Waals surface area contributed by atoms with Crippen LogP contribution in [0.5, 0.6) is 0 Å². The van der Waals surface area contributed by atoms with E-state index in [0.717, 1.165) is 19.3 Å². The summed E-state index contributed by atoms with van der Waals surface area (Å²) in [6, 6.07) is 0. The zero-order valence-electron chi connectivity index (χ0n) is 7.51. The Kier molecular flexibility index (Phi) is 7.50. The van der Waals surface area contributed by atoms with E-state index in [4.69, 9.17) is 0 Å². The first-order valence-electron chi connectivity index (χ1n) is 4.42. The first kappa shape index (κ1) is 11.1. The minimum Gasteiger partial charge on any atom is -0.272 e. The van der Waals surface area contributed by atoms with Crippen molar-refractivity contribution in [2.75, 3.05) is 0 Å². The molecule has 0 aromatic carbocycles. The average Bonchev–Trinajstić information content (AvgIpc) is 2.05. The third-order valence-electron chi connectivity index (χ3n) is 1.66. The minimum absolute atomic E-state index is 0.346. The fraction of sp³-hybridized carbons (Fsp3) is 0.778. The second-order valence-corrected chi connectivity index (χ2v) is 2.76. The summed E-state index contributed by atoms with van der Waals surface area (Å²) in [5.74, 6) is -0.346. The van der Waals surface area contributed by atoms with E-state index in [0.29, 0.717) is 6.42 Å². The summed E-state index contributed by atoms with van der Waals surface area (Å²) in [5, 5.41) is 0. The lowest BCUT2D eigenvalue weighted by atomic mass is 10.1. The molecule has 0 unspecified atom stereocenters. The molecule has 3 nitrogen and oxygen atoms in total. The largest absolute Gasteiger partial charge is 0.272 e. The van der Waals surface area contributed by atoms with Crippen molar-refractivity contribution >= 4 is 12.0 Å². The lowest BCUT2D eigenvalue weighted by molar-refractivity contribution is -0.117. The second-order valence-electron chi connectivity index (χ2n) is 2.76. The van der Waals surface area contributed by atoms with Gasteiger partial charge in [0.25, 0.3) is 5.91 Å². The van der Waals surface area contributed by atoms with Crippen molar-refractivity contribution in [2.45, 2.75) is 45.4 Å². The van der Waals surface area contributed by atoms with Crippen LogP contribution in [0.1, 0.15) is 45.4 Å². The fourth-order valence-corrected chi connectivity index (χ4v) is 0.987. The SMILES string of the molecule is CCCCCCCC(=O)N=C=O. The monoisotopic (exact) mass is 169 g/mol. The van der Waals surface area contributed by atoms with Crippen molar-refractivity contribution < 1.29 is 9.59 Å². The third kappa shape index (κ3) is 7.16. The molecule has 0 aliphatic heterocycles. The zero-order valence-corrected chi connectivity index (χ0v) is 7.51.